The molecule has 50 valence electrons. The van der Waals surface area contributed by atoms with E-state index in [9.17, 15) is 14.0 Å². The lowest BCUT2D eigenvalue weighted by Gasteiger charge is -2.12. The third kappa shape index (κ3) is 1.23. The van der Waals surface area contributed by atoms with Crippen LogP contribution < -0.4 is 0 Å². The van der Waals surface area contributed by atoms with E-state index in [0.717, 1.165) is 0 Å². The summed E-state index contributed by atoms with van der Waals surface area (Å²) in [6.07, 6.45) is -2.09. The van der Waals surface area contributed by atoms with E-state index in [-0.39, 0.29) is 0 Å². The zero-order valence-electron chi connectivity index (χ0n) is 4.30. The van der Waals surface area contributed by atoms with E-state index in [1.54, 1.807) is 0 Å². The molecule has 1 aliphatic rings. The molecule has 0 amide bonds. The van der Waals surface area contributed by atoms with Gasteiger partial charge in [-0.1, -0.05) is 0 Å². The van der Waals surface area contributed by atoms with Crippen molar-refractivity contribution in [3.05, 3.63) is 0 Å². The zero-order valence-corrected chi connectivity index (χ0v) is 4.30. The summed E-state index contributed by atoms with van der Waals surface area (Å²) in [6, 6.07) is 0. The van der Waals surface area contributed by atoms with Crippen molar-refractivity contribution in [2.24, 2.45) is 0 Å². The predicted octanol–water partition coefficient (Wildman–Crippen LogP) is -0.618. The summed E-state index contributed by atoms with van der Waals surface area (Å²) < 4.78 is 19.7. The fourth-order valence-corrected chi connectivity index (χ4v) is 0.397. The lowest BCUT2D eigenvalue weighted by molar-refractivity contribution is -0.195. The second-order valence-electron chi connectivity index (χ2n) is 1.42. The molecule has 1 saturated heterocycles. The van der Waals surface area contributed by atoms with Crippen molar-refractivity contribution in [3.63, 3.8) is 0 Å². The van der Waals surface area contributed by atoms with Crippen LogP contribution in [0.15, 0.2) is 0 Å². The molecule has 9 heavy (non-hydrogen) atoms. The van der Waals surface area contributed by atoms with Gasteiger partial charge in [0.15, 0.2) is 0 Å². The Labute approximate surface area is 49.5 Å². The van der Waals surface area contributed by atoms with Gasteiger partial charge in [0, 0.05) is 0 Å². The molecule has 1 fully saturated rings. The number of hydrogen-bond donors (Lipinski definition) is 0. The third-order valence-electron chi connectivity index (χ3n) is 0.747. The van der Waals surface area contributed by atoms with Gasteiger partial charge in [-0.2, -0.15) is 0 Å². The molecule has 0 bridgehead atoms. The van der Waals surface area contributed by atoms with Crippen molar-refractivity contribution in [3.8, 4) is 0 Å². The first kappa shape index (κ1) is 6.15. The smallest absolute Gasteiger partial charge is 0.376 e. The molecule has 0 aromatic heterocycles. The molecule has 1 rings (SSSR count). The number of halogens is 1. The highest BCUT2D eigenvalue weighted by atomic mass is 19.1. The maximum Gasteiger partial charge on any atom is 0.376 e. The number of ether oxygens (including phenoxy) is 2. The van der Waals surface area contributed by atoms with Crippen LogP contribution in [0.3, 0.4) is 0 Å². The van der Waals surface area contributed by atoms with Crippen LogP contribution in [0.5, 0.6) is 0 Å². The van der Waals surface area contributed by atoms with E-state index in [4.69, 9.17) is 0 Å². The van der Waals surface area contributed by atoms with Crippen molar-refractivity contribution in [2.75, 3.05) is 6.61 Å². The average Bonchev–Trinajstić information content (AvgIpc) is 1.80. The molecule has 0 aliphatic carbocycles. The summed E-state index contributed by atoms with van der Waals surface area (Å²) in [5.41, 5.74) is 0. The predicted molar refractivity (Wildman–Crippen MR) is 21.9 cm³/mol. The molecule has 0 aromatic rings. The van der Waals surface area contributed by atoms with Crippen molar-refractivity contribution >= 4 is 11.9 Å². The van der Waals surface area contributed by atoms with Crippen LogP contribution in [0.1, 0.15) is 0 Å². The largest absolute Gasteiger partial charge is 0.387 e. The number of carbonyl (C=O) groups excluding carboxylic acids is 2. The van der Waals surface area contributed by atoms with Crippen LogP contribution in [-0.2, 0) is 19.1 Å². The first-order valence-electron chi connectivity index (χ1n) is 2.20. The molecule has 0 N–H and O–H groups in total. The van der Waals surface area contributed by atoms with Crippen LogP contribution in [-0.4, -0.2) is 24.9 Å². The Morgan fingerprint density at radius 3 is 2.67 bits per heavy atom. The van der Waals surface area contributed by atoms with Crippen LogP contribution >= 0.6 is 0 Å². The first-order valence-corrected chi connectivity index (χ1v) is 2.20. The lowest BCUT2D eigenvalue weighted by Crippen LogP contribution is -2.34. The molecule has 0 spiro atoms. The Balaban J connectivity index is 2.54. The molecule has 5 heteroatoms. The van der Waals surface area contributed by atoms with Crippen molar-refractivity contribution < 1.29 is 23.5 Å². The fourth-order valence-electron chi connectivity index (χ4n) is 0.397. The van der Waals surface area contributed by atoms with E-state index in [2.05, 4.69) is 9.47 Å². The molecule has 1 aliphatic heterocycles. The summed E-state index contributed by atoms with van der Waals surface area (Å²) in [4.78, 5) is 20.1. The maximum absolute atomic E-state index is 11.9. The minimum absolute atomic E-state index is 0.493. The summed E-state index contributed by atoms with van der Waals surface area (Å²) in [5, 5.41) is 0. The number of carbonyl (C=O) groups is 2. The number of rotatable bonds is 0. The van der Waals surface area contributed by atoms with Gasteiger partial charge in [0.25, 0.3) is 6.36 Å². The topological polar surface area (TPSA) is 52.6 Å². The highest BCUT2D eigenvalue weighted by Gasteiger charge is 2.29. The van der Waals surface area contributed by atoms with Gasteiger partial charge < -0.3 is 9.47 Å². The van der Waals surface area contributed by atoms with Gasteiger partial charge in [0.1, 0.15) is 6.61 Å². The highest BCUT2D eigenvalue weighted by Crippen LogP contribution is 2.03. The zero-order chi connectivity index (χ0) is 6.85. The Kier molecular flexibility index (Phi) is 1.44. The molecular formula is C4H3FO4. The highest BCUT2D eigenvalue weighted by molar-refractivity contribution is 5.89. The van der Waals surface area contributed by atoms with Crippen LogP contribution in [0, 0.1) is 0 Å². The summed E-state index contributed by atoms with van der Waals surface area (Å²) >= 11 is 0. The van der Waals surface area contributed by atoms with E-state index in [1.165, 1.54) is 0 Å². The number of hydrogen-bond acceptors (Lipinski definition) is 4. The van der Waals surface area contributed by atoms with Crippen LogP contribution in [0.25, 0.3) is 0 Å². The van der Waals surface area contributed by atoms with Crippen molar-refractivity contribution in [1.29, 1.82) is 0 Å². The SMILES string of the molecule is O=C1COC(F)C(=O)O1. The second-order valence-corrected chi connectivity index (χ2v) is 1.42. The Morgan fingerprint density at radius 2 is 2.22 bits per heavy atom. The molecule has 1 heterocycles. The molecule has 4 nitrogen and oxygen atoms in total. The van der Waals surface area contributed by atoms with E-state index in [0.29, 0.717) is 0 Å². The normalized spacial score (nSPS) is 27.9. The number of alkyl halides is 1. The minimum atomic E-state index is -2.09. The Bertz CT molecular complexity index is 155. The molecule has 1 unspecified atom stereocenters. The lowest BCUT2D eigenvalue weighted by atomic mass is 10.6. The van der Waals surface area contributed by atoms with Crippen LogP contribution in [0.2, 0.25) is 0 Å². The Hall–Kier alpha value is -0.970. The number of esters is 2. The van der Waals surface area contributed by atoms with Gasteiger partial charge in [-0.05, 0) is 0 Å². The molecule has 0 aromatic carbocycles. The second kappa shape index (κ2) is 2.10. The van der Waals surface area contributed by atoms with Gasteiger partial charge >= 0.3 is 11.9 Å². The van der Waals surface area contributed by atoms with Gasteiger partial charge in [-0.3, -0.25) is 0 Å². The third-order valence-corrected chi connectivity index (χ3v) is 0.747. The van der Waals surface area contributed by atoms with Crippen LogP contribution in [0.4, 0.5) is 4.39 Å². The summed E-state index contributed by atoms with van der Waals surface area (Å²) in [6.45, 7) is -0.493. The van der Waals surface area contributed by atoms with Crippen molar-refractivity contribution in [1.82, 2.24) is 0 Å². The minimum Gasteiger partial charge on any atom is -0.387 e. The molecular weight excluding hydrogens is 131 g/mol. The summed E-state index contributed by atoms with van der Waals surface area (Å²) in [5.74, 6) is -2.12. The average molecular weight is 134 g/mol. The van der Waals surface area contributed by atoms with E-state index < -0.39 is 24.9 Å². The summed E-state index contributed by atoms with van der Waals surface area (Å²) in [7, 11) is 0. The molecule has 1 atom stereocenters. The Morgan fingerprint density at radius 1 is 1.56 bits per heavy atom. The number of cyclic esters (lactones) is 2. The van der Waals surface area contributed by atoms with Gasteiger partial charge in [0.05, 0.1) is 0 Å². The van der Waals surface area contributed by atoms with Gasteiger partial charge in [0.2, 0.25) is 0 Å². The monoisotopic (exact) mass is 134 g/mol. The molecule has 0 radical (unpaired) electrons. The fraction of sp³-hybridized carbons (Fsp3) is 0.500. The van der Waals surface area contributed by atoms with E-state index in [1.807, 2.05) is 0 Å². The quantitative estimate of drug-likeness (QED) is 0.327. The maximum atomic E-state index is 11.9. The van der Waals surface area contributed by atoms with E-state index >= 15 is 0 Å². The first-order chi connectivity index (χ1) is 4.20. The standard InChI is InChI=1S/C4H3FO4/c5-3-4(7)9-2(6)1-8-3/h3H,1H2. The van der Waals surface area contributed by atoms with Crippen molar-refractivity contribution in [2.45, 2.75) is 6.36 Å². The van der Waals surface area contributed by atoms with Gasteiger partial charge in [-0.15, -0.1) is 0 Å². The molecule has 0 saturated carbocycles. The van der Waals surface area contributed by atoms with Gasteiger partial charge in [-0.25, -0.2) is 14.0 Å².